The minimum Gasteiger partial charge on any atom is -0.298 e. The number of nitrogens with zero attached hydrogens (tertiary/aromatic N) is 2. The lowest BCUT2D eigenvalue weighted by Gasteiger charge is -2.48. The van der Waals surface area contributed by atoms with Crippen molar-refractivity contribution in [3.8, 4) is 0 Å². The summed E-state index contributed by atoms with van der Waals surface area (Å²) in [5.41, 5.74) is 0. The standard InChI is InChI=1S/C15H30N2S/c1-12(2)14(11-18)9-17-10-15-6-4-5-7-16(15)8-13(17)3/h12-15,18H,4-11H2,1-3H3. The first-order chi connectivity index (χ1) is 8.61. The molecule has 2 rings (SSSR count). The van der Waals surface area contributed by atoms with E-state index in [9.17, 15) is 0 Å². The van der Waals surface area contributed by atoms with Crippen molar-refractivity contribution in [1.82, 2.24) is 9.80 Å². The smallest absolute Gasteiger partial charge is 0.0223 e. The predicted octanol–water partition coefficient (Wildman–Crippen LogP) is 2.75. The third-order valence-corrected chi connectivity index (χ3v) is 5.43. The molecule has 2 saturated heterocycles. The minimum absolute atomic E-state index is 0.723. The number of hydrogen-bond donors (Lipinski definition) is 1. The van der Waals surface area contributed by atoms with Gasteiger partial charge in [0.05, 0.1) is 0 Å². The summed E-state index contributed by atoms with van der Waals surface area (Å²) in [6.07, 6.45) is 4.26. The molecule has 0 spiro atoms. The summed E-state index contributed by atoms with van der Waals surface area (Å²) in [6.45, 7) is 12.2. The highest BCUT2D eigenvalue weighted by Gasteiger charge is 2.33. The molecule has 0 N–H and O–H groups in total. The van der Waals surface area contributed by atoms with Crippen molar-refractivity contribution < 1.29 is 0 Å². The maximum atomic E-state index is 4.54. The Morgan fingerprint density at radius 1 is 1.22 bits per heavy atom. The van der Waals surface area contributed by atoms with Gasteiger partial charge in [-0.05, 0) is 43.9 Å². The zero-order chi connectivity index (χ0) is 13.1. The molecule has 0 radical (unpaired) electrons. The highest BCUT2D eigenvalue weighted by molar-refractivity contribution is 7.80. The molecule has 2 fully saturated rings. The fourth-order valence-electron chi connectivity index (χ4n) is 3.45. The van der Waals surface area contributed by atoms with Gasteiger partial charge in [-0.25, -0.2) is 0 Å². The Bertz CT molecular complexity index is 257. The van der Waals surface area contributed by atoms with E-state index in [0.717, 1.165) is 29.7 Å². The molecule has 2 heterocycles. The molecule has 0 aromatic heterocycles. The van der Waals surface area contributed by atoms with E-state index >= 15 is 0 Å². The molecule has 3 unspecified atom stereocenters. The van der Waals surface area contributed by atoms with Crippen molar-refractivity contribution >= 4 is 12.6 Å². The molecule has 0 amide bonds. The van der Waals surface area contributed by atoms with Gasteiger partial charge in [0, 0.05) is 31.7 Å². The lowest BCUT2D eigenvalue weighted by atomic mass is 9.93. The predicted molar refractivity (Wildman–Crippen MR) is 82.4 cm³/mol. The third-order valence-electron chi connectivity index (χ3n) is 4.96. The van der Waals surface area contributed by atoms with Crippen molar-refractivity contribution in [3.05, 3.63) is 0 Å². The second-order valence-electron chi connectivity index (χ2n) is 6.63. The van der Waals surface area contributed by atoms with Gasteiger partial charge in [-0.3, -0.25) is 9.80 Å². The number of piperazine rings is 1. The fraction of sp³-hybridized carbons (Fsp3) is 1.00. The molecule has 0 aromatic carbocycles. The van der Waals surface area contributed by atoms with Crippen molar-refractivity contribution in [1.29, 1.82) is 0 Å². The second-order valence-corrected chi connectivity index (χ2v) is 7.00. The lowest BCUT2D eigenvalue weighted by molar-refractivity contribution is 0.00618. The van der Waals surface area contributed by atoms with Gasteiger partial charge in [0.2, 0.25) is 0 Å². The van der Waals surface area contributed by atoms with Gasteiger partial charge in [-0.2, -0.15) is 12.6 Å². The van der Waals surface area contributed by atoms with Crippen LogP contribution in [0.15, 0.2) is 0 Å². The van der Waals surface area contributed by atoms with Crippen LogP contribution in [0, 0.1) is 11.8 Å². The van der Waals surface area contributed by atoms with Crippen LogP contribution in [0.4, 0.5) is 0 Å². The molecule has 0 aliphatic carbocycles. The maximum Gasteiger partial charge on any atom is 0.0223 e. The van der Waals surface area contributed by atoms with Gasteiger partial charge in [0.1, 0.15) is 0 Å². The summed E-state index contributed by atoms with van der Waals surface area (Å²) >= 11 is 4.54. The fourth-order valence-corrected chi connectivity index (χ4v) is 3.98. The average Bonchev–Trinajstić information content (AvgIpc) is 2.35. The summed E-state index contributed by atoms with van der Waals surface area (Å²) in [5, 5.41) is 0. The van der Waals surface area contributed by atoms with Crippen LogP contribution in [-0.2, 0) is 0 Å². The Kier molecular flexibility index (Phi) is 5.40. The zero-order valence-electron chi connectivity index (χ0n) is 12.3. The topological polar surface area (TPSA) is 6.48 Å². The first kappa shape index (κ1) is 14.7. The van der Waals surface area contributed by atoms with E-state index in [0.29, 0.717) is 0 Å². The summed E-state index contributed by atoms with van der Waals surface area (Å²) in [4.78, 5) is 5.46. The number of piperidine rings is 1. The lowest BCUT2D eigenvalue weighted by Crippen LogP contribution is -2.59. The summed E-state index contributed by atoms with van der Waals surface area (Å²) in [7, 11) is 0. The quantitative estimate of drug-likeness (QED) is 0.785. The molecule has 18 heavy (non-hydrogen) atoms. The molecule has 0 bridgehead atoms. The van der Waals surface area contributed by atoms with E-state index in [4.69, 9.17) is 0 Å². The Labute approximate surface area is 119 Å². The van der Waals surface area contributed by atoms with Crippen LogP contribution < -0.4 is 0 Å². The Morgan fingerprint density at radius 2 is 2.00 bits per heavy atom. The van der Waals surface area contributed by atoms with Crippen LogP contribution in [0.25, 0.3) is 0 Å². The molecule has 2 nitrogen and oxygen atoms in total. The molecule has 3 heteroatoms. The van der Waals surface area contributed by atoms with Crippen LogP contribution in [0.1, 0.15) is 40.0 Å². The maximum absolute atomic E-state index is 4.54. The Morgan fingerprint density at radius 3 is 2.67 bits per heavy atom. The molecule has 2 aliphatic heterocycles. The first-order valence-corrected chi connectivity index (χ1v) is 8.34. The van der Waals surface area contributed by atoms with Crippen LogP contribution >= 0.6 is 12.6 Å². The van der Waals surface area contributed by atoms with Gasteiger partial charge in [0.15, 0.2) is 0 Å². The van der Waals surface area contributed by atoms with E-state index in [1.807, 2.05) is 0 Å². The van der Waals surface area contributed by atoms with Crippen LogP contribution in [-0.4, -0.2) is 53.8 Å². The highest BCUT2D eigenvalue weighted by Crippen LogP contribution is 2.25. The zero-order valence-corrected chi connectivity index (χ0v) is 13.2. The third kappa shape index (κ3) is 3.43. The monoisotopic (exact) mass is 270 g/mol. The molecule has 106 valence electrons. The van der Waals surface area contributed by atoms with Gasteiger partial charge >= 0.3 is 0 Å². The Hall–Kier alpha value is 0.270. The molecule has 0 aromatic rings. The van der Waals surface area contributed by atoms with E-state index in [1.54, 1.807) is 0 Å². The van der Waals surface area contributed by atoms with Crippen LogP contribution in [0.5, 0.6) is 0 Å². The molecule has 2 aliphatic rings. The number of fused-ring (bicyclic) bond motifs is 1. The summed E-state index contributed by atoms with van der Waals surface area (Å²) in [6, 6.07) is 1.56. The molecule has 0 saturated carbocycles. The van der Waals surface area contributed by atoms with E-state index in [1.165, 1.54) is 45.4 Å². The van der Waals surface area contributed by atoms with Crippen molar-refractivity contribution in [2.24, 2.45) is 11.8 Å². The molecule has 3 atom stereocenters. The van der Waals surface area contributed by atoms with Crippen LogP contribution in [0.2, 0.25) is 0 Å². The normalized spacial score (nSPS) is 32.5. The van der Waals surface area contributed by atoms with Crippen molar-refractivity contribution in [2.75, 3.05) is 31.9 Å². The van der Waals surface area contributed by atoms with Gasteiger partial charge in [0.25, 0.3) is 0 Å². The number of rotatable bonds is 4. The summed E-state index contributed by atoms with van der Waals surface area (Å²) in [5.74, 6) is 2.51. The van der Waals surface area contributed by atoms with E-state index in [-0.39, 0.29) is 0 Å². The Balaban J connectivity index is 1.92. The average molecular weight is 270 g/mol. The molecular formula is C15H30N2S. The van der Waals surface area contributed by atoms with Gasteiger partial charge in [-0.1, -0.05) is 20.3 Å². The first-order valence-electron chi connectivity index (χ1n) is 7.70. The SMILES string of the molecule is CC(C)C(CS)CN1CC2CCCCN2CC1C. The second kappa shape index (κ2) is 6.62. The number of thiol groups is 1. The molecular weight excluding hydrogens is 240 g/mol. The van der Waals surface area contributed by atoms with Crippen molar-refractivity contribution in [2.45, 2.75) is 52.1 Å². The minimum atomic E-state index is 0.723. The highest BCUT2D eigenvalue weighted by atomic mass is 32.1. The van der Waals surface area contributed by atoms with Crippen LogP contribution in [0.3, 0.4) is 0 Å². The van der Waals surface area contributed by atoms with Crippen molar-refractivity contribution in [3.63, 3.8) is 0 Å². The van der Waals surface area contributed by atoms with Gasteiger partial charge in [-0.15, -0.1) is 0 Å². The van der Waals surface area contributed by atoms with Gasteiger partial charge < -0.3 is 0 Å². The largest absolute Gasteiger partial charge is 0.298 e. The number of hydrogen-bond acceptors (Lipinski definition) is 3. The van der Waals surface area contributed by atoms with E-state index in [2.05, 4.69) is 43.2 Å². The summed E-state index contributed by atoms with van der Waals surface area (Å²) < 4.78 is 0. The van der Waals surface area contributed by atoms with E-state index < -0.39 is 0 Å².